The Balaban J connectivity index is 1.99. The fourth-order valence-electron chi connectivity index (χ4n) is 1.89. The monoisotopic (exact) mass is 239 g/mol. The molecule has 1 amide bonds. The van der Waals surface area contributed by atoms with E-state index in [0.29, 0.717) is 16.7 Å². The second-order valence-corrected chi connectivity index (χ2v) is 5.10. The van der Waals surface area contributed by atoms with Gasteiger partial charge in [0, 0.05) is 18.5 Å². The number of carbonyl (C=O) groups is 1. The molecule has 1 fully saturated rings. The summed E-state index contributed by atoms with van der Waals surface area (Å²) in [5.41, 5.74) is 6.02. The topological polar surface area (TPSA) is 59.2 Å². The first-order valence-electron chi connectivity index (χ1n) is 5.71. The maximum atomic E-state index is 12.1. The van der Waals surface area contributed by atoms with Gasteiger partial charge in [-0.15, -0.1) is 11.3 Å². The molecule has 5 heteroatoms. The van der Waals surface area contributed by atoms with Crippen LogP contribution in [0.2, 0.25) is 0 Å². The first-order chi connectivity index (χ1) is 7.70. The second-order valence-electron chi connectivity index (χ2n) is 4.21. The summed E-state index contributed by atoms with van der Waals surface area (Å²) in [7, 11) is 0. The van der Waals surface area contributed by atoms with Gasteiger partial charge < -0.3 is 10.6 Å². The largest absolute Gasteiger partial charge is 0.375 e. The summed E-state index contributed by atoms with van der Waals surface area (Å²) in [6.07, 6.45) is 3.81. The molecular formula is C11H17N3OS. The highest BCUT2D eigenvalue weighted by molar-refractivity contribution is 7.13. The number of rotatable bonds is 4. The first-order valence-corrected chi connectivity index (χ1v) is 6.59. The number of carbonyl (C=O) groups excluding carboxylic acids is 1. The van der Waals surface area contributed by atoms with Crippen molar-refractivity contribution in [1.29, 1.82) is 0 Å². The molecule has 0 aliphatic heterocycles. The van der Waals surface area contributed by atoms with Gasteiger partial charge >= 0.3 is 0 Å². The van der Waals surface area contributed by atoms with Crippen molar-refractivity contribution >= 4 is 22.4 Å². The number of anilines is 1. The Labute approximate surface area is 99.5 Å². The van der Waals surface area contributed by atoms with Crippen LogP contribution in [0.1, 0.15) is 36.7 Å². The quantitative estimate of drug-likeness (QED) is 0.874. The molecule has 0 aromatic carbocycles. The normalized spacial score (nSPS) is 15.8. The summed E-state index contributed by atoms with van der Waals surface area (Å²) in [6.45, 7) is 3.62. The maximum Gasteiger partial charge on any atom is 0.273 e. The van der Waals surface area contributed by atoms with Gasteiger partial charge in [0.15, 0.2) is 5.13 Å². The van der Waals surface area contributed by atoms with Crippen LogP contribution in [-0.2, 0) is 0 Å². The summed E-state index contributed by atoms with van der Waals surface area (Å²) in [5, 5.41) is 2.20. The van der Waals surface area contributed by atoms with Gasteiger partial charge in [-0.25, -0.2) is 4.98 Å². The van der Waals surface area contributed by atoms with E-state index in [1.54, 1.807) is 5.38 Å². The van der Waals surface area contributed by atoms with Crippen LogP contribution in [0.3, 0.4) is 0 Å². The number of aromatic nitrogens is 1. The molecule has 1 aromatic rings. The minimum atomic E-state index is 0.0161. The number of nitrogens with zero attached hydrogens (tertiary/aromatic N) is 2. The van der Waals surface area contributed by atoms with Crippen molar-refractivity contribution in [2.75, 3.05) is 18.8 Å². The highest BCUT2D eigenvalue weighted by atomic mass is 32.1. The van der Waals surface area contributed by atoms with E-state index in [0.717, 1.165) is 13.1 Å². The van der Waals surface area contributed by atoms with Gasteiger partial charge in [-0.3, -0.25) is 4.79 Å². The number of nitrogens with two attached hydrogens (primary N) is 1. The Morgan fingerprint density at radius 3 is 2.88 bits per heavy atom. The first kappa shape index (κ1) is 11.4. The van der Waals surface area contributed by atoms with Crippen molar-refractivity contribution in [2.24, 2.45) is 5.92 Å². The van der Waals surface area contributed by atoms with Crippen LogP contribution in [0, 0.1) is 5.92 Å². The van der Waals surface area contributed by atoms with Crippen molar-refractivity contribution in [2.45, 2.75) is 26.2 Å². The van der Waals surface area contributed by atoms with Crippen molar-refractivity contribution in [3.05, 3.63) is 11.1 Å². The summed E-state index contributed by atoms with van der Waals surface area (Å²) < 4.78 is 0. The number of nitrogen functional groups attached to an aromatic ring is 1. The molecule has 4 nitrogen and oxygen atoms in total. The van der Waals surface area contributed by atoms with E-state index >= 15 is 0 Å². The molecule has 1 saturated carbocycles. The van der Waals surface area contributed by atoms with Crippen molar-refractivity contribution < 1.29 is 4.79 Å². The average molecular weight is 239 g/mol. The zero-order valence-electron chi connectivity index (χ0n) is 9.48. The van der Waals surface area contributed by atoms with Crippen molar-refractivity contribution in [3.63, 3.8) is 0 Å². The van der Waals surface area contributed by atoms with Gasteiger partial charge in [-0.2, -0.15) is 0 Å². The van der Waals surface area contributed by atoms with Crippen LogP contribution in [-0.4, -0.2) is 28.9 Å². The molecule has 0 unspecified atom stereocenters. The van der Waals surface area contributed by atoms with E-state index < -0.39 is 0 Å². The van der Waals surface area contributed by atoms with E-state index in [-0.39, 0.29) is 5.91 Å². The fourth-order valence-corrected chi connectivity index (χ4v) is 2.43. The van der Waals surface area contributed by atoms with Crippen LogP contribution in [0.4, 0.5) is 5.13 Å². The molecule has 0 saturated heterocycles. The highest BCUT2D eigenvalue weighted by Crippen LogP contribution is 2.27. The molecule has 2 N–H and O–H groups in total. The van der Waals surface area contributed by atoms with E-state index in [1.165, 1.54) is 30.6 Å². The minimum absolute atomic E-state index is 0.0161. The summed E-state index contributed by atoms with van der Waals surface area (Å²) in [6, 6.07) is 0. The molecule has 88 valence electrons. The molecule has 1 aliphatic carbocycles. The lowest BCUT2D eigenvalue weighted by molar-refractivity contribution is 0.0701. The number of amides is 1. The Morgan fingerprint density at radius 1 is 1.69 bits per heavy atom. The molecule has 0 atom stereocenters. The lowest BCUT2D eigenvalue weighted by atomic mass is 9.85. The summed E-state index contributed by atoms with van der Waals surface area (Å²) >= 11 is 1.32. The molecule has 1 heterocycles. The molecule has 0 spiro atoms. The molecule has 0 radical (unpaired) electrons. The van der Waals surface area contributed by atoms with E-state index in [4.69, 9.17) is 5.73 Å². The van der Waals surface area contributed by atoms with Crippen LogP contribution in [0.15, 0.2) is 5.38 Å². The Hall–Kier alpha value is -1.10. The van der Waals surface area contributed by atoms with E-state index in [1.807, 2.05) is 11.8 Å². The molecule has 1 aliphatic rings. The van der Waals surface area contributed by atoms with Crippen LogP contribution in [0.25, 0.3) is 0 Å². The fraction of sp³-hybridized carbons (Fsp3) is 0.636. The lowest BCUT2D eigenvalue weighted by Crippen LogP contribution is -2.37. The SMILES string of the molecule is CCN(CC1CCC1)C(=O)c1csc(N)n1. The molecule has 1 aromatic heterocycles. The molecule has 0 bridgehead atoms. The van der Waals surface area contributed by atoms with Crippen LogP contribution in [0.5, 0.6) is 0 Å². The number of hydrogen-bond donors (Lipinski definition) is 1. The minimum Gasteiger partial charge on any atom is -0.375 e. The maximum absolute atomic E-state index is 12.1. The summed E-state index contributed by atoms with van der Waals surface area (Å²) in [4.78, 5) is 18.0. The third kappa shape index (κ3) is 2.35. The van der Waals surface area contributed by atoms with Gasteiger partial charge in [-0.05, 0) is 25.7 Å². The molecule has 16 heavy (non-hydrogen) atoms. The van der Waals surface area contributed by atoms with Gasteiger partial charge in [0.1, 0.15) is 5.69 Å². The third-order valence-electron chi connectivity index (χ3n) is 3.11. The third-order valence-corrected chi connectivity index (χ3v) is 3.79. The van der Waals surface area contributed by atoms with Gasteiger partial charge in [0.25, 0.3) is 5.91 Å². The second kappa shape index (κ2) is 4.82. The predicted molar refractivity (Wildman–Crippen MR) is 65.4 cm³/mol. The number of thiazole rings is 1. The average Bonchev–Trinajstić information content (AvgIpc) is 2.63. The standard InChI is InChI=1S/C11H17N3OS/c1-2-14(6-8-4-3-5-8)10(15)9-7-16-11(12)13-9/h7-8H,2-6H2,1H3,(H2,12,13). The predicted octanol–water partition coefficient (Wildman–Crippen LogP) is 1.99. The van der Waals surface area contributed by atoms with Crippen LogP contribution < -0.4 is 5.73 Å². The molecular weight excluding hydrogens is 222 g/mol. The summed E-state index contributed by atoms with van der Waals surface area (Å²) in [5.74, 6) is 0.710. The van der Waals surface area contributed by atoms with E-state index in [9.17, 15) is 4.79 Å². The Morgan fingerprint density at radius 2 is 2.44 bits per heavy atom. The van der Waals surface area contributed by atoms with Gasteiger partial charge in [0.05, 0.1) is 0 Å². The van der Waals surface area contributed by atoms with Crippen LogP contribution >= 0.6 is 11.3 Å². The lowest BCUT2D eigenvalue weighted by Gasteiger charge is -2.31. The van der Waals surface area contributed by atoms with Crippen molar-refractivity contribution in [3.8, 4) is 0 Å². The zero-order chi connectivity index (χ0) is 11.5. The van der Waals surface area contributed by atoms with Gasteiger partial charge in [-0.1, -0.05) is 6.42 Å². The highest BCUT2D eigenvalue weighted by Gasteiger charge is 2.24. The zero-order valence-corrected chi connectivity index (χ0v) is 10.3. The Bertz CT molecular complexity index is 373. The van der Waals surface area contributed by atoms with Crippen molar-refractivity contribution in [1.82, 2.24) is 9.88 Å². The number of hydrogen-bond acceptors (Lipinski definition) is 4. The smallest absolute Gasteiger partial charge is 0.273 e. The van der Waals surface area contributed by atoms with Gasteiger partial charge in [0.2, 0.25) is 0 Å². The van der Waals surface area contributed by atoms with E-state index in [2.05, 4.69) is 4.98 Å². The molecule has 2 rings (SSSR count). The Kier molecular flexibility index (Phi) is 3.43.